The van der Waals surface area contributed by atoms with E-state index in [1.165, 1.54) is 39.8 Å². The van der Waals surface area contributed by atoms with Crippen LogP contribution in [0, 0.1) is 0 Å². The lowest BCUT2D eigenvalue weighted by Gasteiger charge is -2.49. The number of hydrogen-bond donors (Lipinski definition) is 2. The van der Waals surface area contributed by atoms with Gasteiger partial charge in [0, 0.05) is 17.9 Å². The Balaban J connectivity index is 1.40. The Morgan fingerprint density at radius 3 is 2.94 bits per heavy atom. The van der Waals surface area contributed by atoms with Crippen LogP contribution >= 0.6 is 34.9 Å². The Morgan fingerprint density at radius 2 is 2.28 bits per heavy atom. The van der Waals surface area contributed by atoms with E-state index in [4.69, 9.17) is 4.42 Å². The molecule has 0 radical (unpaired) electrons. The second kappa shape index (κ2) is 9.81. The summed E-state index contributed by atoms with van der Waals surface area (Å²) >= 11 is 4.02. The molecule has 2 unspecified atom stereocenters. The first kappa shape index (κ1) is 23.1. The Morgan fingerprint density at radius 1 is 1.47 bits per heavy atom. The molecule has 0 aliphatic carbocycles. The fraction of sp³-hybridized carbons (Fsp3) is 0.368. The van der Waals surface area contributed by atoms with Crippen molar-refractivity contribution >= 4 is 63.4 Å². The lowest BCUT2D eigenvalue weighted by atomic mass is 10.0. The molecule has 1 fully saturated rings. The number of aromatic nitrogens is 1. The fourth-order valence-electron chi connectivity index (χ4n) is 3.27. The second-order valence-corrected chi connectivity index (χ2v) is 11.6. The maximum Gasteiger partial charge on any atom is 0.352 e. The minimum absolute atomic E-state index is 0.0471. The standard InChI is InChI=1S/C19H19N3O6S4/c1-2-12-20-6-13(28-12)30-7-10-8-31-18-15(17(24)22(18)16(10)19(25)26)21-11(23)9-32(27)14-4-3-5-29-14/h3-6,15,18H,2,7-9H2,1H3,(H,21,23)(H,25,26)/t15?,18-,32?/m1/s1. The number of carboxylic acid groups (broad SMARTS) is 1. The zero-order valence-electron chi connectivity index (χ0n) is 16.8. The van der Waals surface area contributed by atoms with Crippen molar-refractivity contribution < 1.29 is 28.1 Å². The second-order valence-electron chi connectivity index (χ2n) is 6.85. The van der Waals surface area contributed by atoms with Crippen LogP contribution in [0.1, 0.15) is 12.8 Å². The van der Waals surface area contributed by atoms with Crippen molar-refractivity contribution in [1.29, 1.82) is 0 Å². The molecule has 32 heavy (non-hydrogen) atoms. The molecule has 2 aromatic rings. The zero-order chi connectivity index (χ0) is 22.8. The van der Waals surface area contributed by atoms with Crippen LogP contribution in [0.5, 0.6) is 0 Å². The molecular weight excluding hydrogens is 494 g/mol. The minimum Gasteiger partial charge on any atom is -0.477 e. The average molecular weight is 514 g/mol. The van der Waals surface area contributed by atoms with E-state index in [1.807, 2.05) is 6.92 Å². The van der Waals surface area contributed by atoms with E-state index in [0.29, 0.717) is 38.7 Å². The van der Waals surface area contributed by atoms with Crippen LogP contribution in [0.25, 0.3) is 0 Å². The summed E-state index contributed by atoms with van der Waals surface area (Å²) in [7, 11) is -1.48. The van der Waals surface area contributed by atoms with Crippen LogP contribution in [-0.2, 0) is 31.6 Å². The van der Waals surface area contributed by atoms with Crippen LogP contribution < -0.4 is 5.32 Å². The van der Waals surface area contributed by atoms with E-state index in [2.05, 4.69) is 10.3 Å². The van der Waals surface area contributed by atoms with Crippen molar-refractivity contribution in [1.82, 2.24) is 15.2 Å². The fourth-order valence-corrected chi connectivity index (χ4v) is 7.50. The van der Waals surface area contributed by atoms with Crippen molar-refractivity contribution in [2.45, 2.75) is 34.1 Å². The SMILES string of the molecule is CCc1ncc(SCC2=C(C(=O)O)N3C(=O)C(NC(=O)CS(=O)c4cccs4)[C@H]3SC2)o1. The summed E-state index contributed by atoms with van der Waals surface area (Å²) in [6.07, 6.45) is 2.27. The molecule has 2 aromatic heterocycles. The molecule has 3 atom stereocenters. The van der Waals surface area contributed by atoms with Crippen molar-refractivity contribution in [3.05, 3.63) is 40.9 Å². The number of oxazole rings is 1. The number of thioether (sulfide) groups is 2. The number of aryl methyl sites for hydroxylation is 1. The summed E-state index contributed by atoms with van der Waals surface area (Å²) in [6.45, 7) is 1.92. The number of thiophene rings is 1. The van der Waals surface area contributed by atoms with E-state index < -0.39 is 40.0 Å². The third-order valence-corrected chi connectivity index (χ3v) is 9.69. The molecule has 0 aromatic carbocycles. The van der Waals surface area contributed by atoms with Crippen LogP contribution in [0.15, 0.2) is 48.7 Å². The van der Waals surface area contributed by atoms with Gasteiger partial charge >= 0.3 is 5.97 Å². The van der Waals surface area contributed by atoms with Crippen LogP contribution in [-0.4, -0.2) is 65.7 Å². The molecular formula is C19H19N3O6S4. The summed E-state index contributed by atoms with van der Waals surface area (Å²) in [6, 6.07) is 2.60. The van der Waals surface area contributed by atoms with Crippen molar-refractivity contribution in [2.24, 2.45) is 0 Å². The lowest BCUT2D eigenvalue weighted by molar-refractivity contribution is -0.150. The van der Waals surface area contributed by atoms with Gasteiger partial charge in [0.05, 0.1) is 21.2 Å². The van der Waals surface area contributed by atoms with Gasteiger partial charge in [0.25, 0.3) is 5.91 Å². The summed E-state index contributed by atoms with van der Waals surface area (Å²) in [5.74, 6) is -1.06. The molecule has 2 amide bonds. The van der Waals surface area contributed by atoms with Crippen molar-refractivity contribution in [2.75, 3.05) is 17.3 Å². The van der Waals surface area contributed by atoms with Gasteiger partial charge in [-0.15, -0.1) is 23.1 Å². The molecule has 0 saturated carbocycles. The first-order valence-electron chi connectivity index (χ1n) is 9.57. The molecule has 1 saturated heterocycles. The molecule has 4 rings (SSSR count). The average Bonchev–Trinajstić information content (AvgIpc) is 3.47. The third kappa shape index (κ3) is 4.65. The van der Waals surface area contributed by atoms with Gasteiger partial charge in [-0.05, 0) is 17.0 Å². The third-order valence-electron chi connectivity index (χ3n) is 4.77. The van der Waals surface area contributed by atoms with Gasteiger partial charge in [0.1, 0.15) is 22.9 Å². The maximum absolute atomic E-state index is 12.7. The Labute approximate surface area is 198 Å². The van der Waals surface area contributed by atoms with Gasteiger partial charge < -0.3 is 14.8 Å². The zero-order valence-corrected chi connectivity index (χ0v) is 20.1. The normalized spacial score (nSPS) is 21.2. The molecule has 13 heteroatoms. The molecule has 2 N–H and O–H groups in total. The van der Waals surface area contributed by atoms with Crippen molar-refractivity contribution in [3.8, 4) is 0 Å². The number of carboxylic acids is 1. The van der Waals surface area contributed by atoms with Gasteiger partial charge in [-0.2, -0.15) is 0 Å². The topological polar surface area (TPSA) is 130 Å². The first-order valence-corrected chi connectivity index (χ1v) is 13.8. The van der Waals surface area contributed by atoms with Crippen LogP contribution in [0.2, 0.25) is 0 Å². The highest BCUT2D eigenvalue weighted by molar-refractivity contribution is 8.01. The number of rotatable bonds is 9. The lowest BCUT2D eigenvalue weighted by Crippen LogP contribution is -2.70. The van der Waals surface area contributed by atoms with E-state index in [0.717, 1.165) is 0 Å². The Hall–Kier alpha value is -2.09. The number of carbonyl (C=O) groups is 3. The van der Waals surface area contributed by atoms with Gasteiger partial charge in [0.2, 0.25) is 5.91 Å². The molecule has 9 nitrogen and oxygen atoms in total. The quantitative estimate of drug-likeness (QED) is 0.382. The first-order chi connectivity index (χ1) is 15.4. The number of fused-ring (bicyclic) bond motifs is 1. The number of nitrogens with one attached hydrogen (secondary N) is 1. The van der Waals surface area contributed by atoms with Gasteiger partial charge in [0.15, 0.2) is 11.0 Å². The van der Waals surface area contributed by atoms with Crippen molar-refractivity contribution in [3.63, 3.8) is 0 Å². The van der Waals surface area contributed by atoms with Gasteiger partial charge in [-0.25, -0.2) is 9.78 Å². The highest BCUT2D eigenvalue weighted by atomic mass is 32.2. The van der Waals surface area contributed by atoms with E-state index in [9.17, 15) is 23.7 Å². The Bertz CT molecular complexity index is 1100. The largest absolute Gasteiger partial charge is 0.477 e. The van der Waals surface area contributed by atoms with E-state index in [-0.39, 0.29) is 11.4 Å². The van der Waals surface area contributed by atoms with E-state index in [1.54, 1.807) is 23.7 Å². The number of carbonyl (C=O) groups excluding carboxylic acids is 2. The predicted octanol–water partition coefficient (Wildman–Crippen LogP) is 1.94. The number of nitrogens with zero attached hydrogens (tertiary/aromatic N) is 2. The molecule has 2 aliphatic rings. The molecule has 2 aliphatic heterocycles. The summed E-state index contributed by atoms with van der Waals surface area (Å²) < 4.78 is 18.4. The van der Waals surface area contributed by atoms with Gasteiger partial charge in [-0.3, -0.25) is 18.7 Å². The number of β-lactam (4-membered cyclic amide) rings is 1. The highest BCUT2D eigenvalue weighted by Crippen LogP contribution is 2.41. The van der Waals surface area contributed by atoms with Crippen LogP contribution in [0.3, 0.4) is 0 Å². The molecule has 4 heterocycles. The van der Waals surface area contributed by atoms with Crippen LogP contribution in [0.4, 0.5) is 0 Å². The smallest absolute Gasteiger partial charge is 0.352 e. The molecule has 0 bridgehead atoms. The summed E-state index contributed by atoms with van der Waals surface area (Å²) in [5, 5.41) is 14.2. The molecule has 170 valence electrons. The maximum atomic E-state index is 12.7. The minimum atomic E-state index is -1.48. The Kier molecular flexibility index (Phi) is 7.08. The summed E-state index contributed by atoms with van der Waals surface area (Å²) in [4.78, 5) is 42.3. The number of aliphatic carboxylic acids is 1. The van der Waals surface area contributed by atoms with Gasteiger partial charge in [-0.1, -0.05) is 24.8 Å². The number of amides is 2. The van der Waals surface area contributed by atoms with E-state index >= 15 is 0 Å². The molecule has 0 spiro atoms. The summed E-state index contributed by atoms with van der Waals surface area (Å²) in [5.41, 5.74) is 0.560. The highest BCUT2D eigenvalue weighted by Gasteiger charge is 2.54. The number of hydrogen-bond acceptors (Lipinski definition) is 9. The monoisotopic (exact) mass is 513 g/mol. The predicted molar refractivity (Wildman–Crippen MR) is 122 cm³/mol.